The van der Waals surface area contributed by atoms with Crippen molar-refractivity contribution in [3.63, 3.8) is 0 Å². The molecule has 3 heterocycles. The Bertz CT molecular complexity index is 769. The monoisotopic (exact) mass is 347 g/mol. The van der Waals surface area contributed by atoms with Crippen LogP contribution in [0.2, 0.25) is 0 Å². The van der Waals surface area contributed by atoms with Crippen molar-refractivity contribution in [1.82, 2.24) is 15.0 Å². The van der Waals surface area contributed by atoms with E-state index in [4.69, 9.17) is 4.52 Å². The number of thiophene rings is 1. The van der Waals surface area contributed by atoms with Crippen LogP contribution in [0.1, 0.15) is 57.6 Å². The summed E-state index contributed by atoms with van der Waals surface area (Å²) in [5.74, 6) is 1.59. The Hall–Kier alpha value is -1.73. The first-order chi connectivity index (χ1) is 11.5. The quantitative estimate of drug-likeness (QED) is 0.903. The molecule has 1 saturated heterocycles. The summed E-state index contributed by atoms with van der Waals surface area (Å²) >= 11 is 1.60. The minimum Gasteiger partial charge on any atom is -0.391 e. The summed E-state index contributed by atoms with van der Waals surface area (Å²) in [5.41, 5.74) is 1.31. The van der Waals surface area contributed by atoms with Gasteiger partial charge >= 0.3 is 0 Å². The summed E-state index contributed by atoms with van der Waals surface area (Å²) in [5, 5.41) is 13.9. The van der Waals surface area contributed by atoms with Crippen molar-refractivity contribution in [2.45, 2.75) is 51.7 Å². The molecule has 7 heteroatoms. The minimum absolute atomic E-state index is 0.0422. The summed E-state index contributed by atoms with van der Waals surface area (Å²) in [6.45, 7) is 4.32. The number of aromatic nitrogens is 2. The number of carbonyl (C=O) groups is 1. The molecule has 1 amide bonds. The van der Waals surface area contributed by atoms with Crippen molar-refractivity contribution in [3.8, 4) is 0 Å². The number of β-amino-alcohol motifs (C(OH)–C–C–N with tert-alkyl or cyclic N) is 1. The maximum atomic E-state index is 13.0. The number of likely N-dealkylation sites (tertiary alicyclic amines) is 1. The van der Waals surface area contributed by atoms with Crippen molar-refractivity contribution in [3.05, 3.63) is 33.1 Å². The highest BCUT2D eigenvalue weighted by Gasteiger charge is 2.39. The lowest BCUT2D eigenvalue weighted by Crippen LogP contribution is -2.31. The SMILES string of the molecule is Cc1noc([C@H]2C[C@@H](O)CN2C(=O)c2cc3c(s2)CC[C@@H](C)C3)n1. The Kier molecular flexibility index (Phi) is 3.92. The van der Waals surface area contributed by atoms with Gasteiger partial charge in [-0.25, -0.2) is 0 Å². The largest absolute Gasteiger partial charge is 0.391 e. The molecule has 1 fully saturated rings. The van der Waals surface area contributed by atoms with Crippen molar-refractivity contribution >= 4 is 17.2 Å². The average molecular weight is 347 g/mol. The number of hydrogen-bond donors (Lipinski definition) is 1. The normalized spacial score (nSPS) is 26.6. The van der Waals surface area contributed by atoms with Gasteiger partial charge in [-0.05, 0) is 43.7 Å². The highest BCUT2D eigenvalue weighted by Crippen LogP contribution is 2.36. The maximum absolute atomic E-state index is 13.0. The highest BCUT2D eigenvalue weighted by atomic mass is 32.1. The summed E-state index contributed by atoms with van der Waals surface area (Å²) < 4.78 is 5.25. The molecule has 2 aromatic rings. The number of hydrogen-bond acceptors (Lipinski definition) is 6. The van der Waals surface area contributed by atoms with E-state index in [2.05, 4.69) is 17.1 Å². The molecule has 2 aliphatic rings. The van der Waals surface area contributed by atoms with Gasteiger partial charge in [0.25, 0.3) is 5.91 Å². The maximum Gasteiger partial charge on any atom is 0.264 e. The molecule has 0 spiro atoms. The van der Waals surface area contributed by atoms with E-state index in [1.807, 2.05) is 6.07 Å². The zero-order valence-electron chi connectivity index (χ0n) is 13.9. The van der Waals surface area contributed by atoms with Crippen LogP contribution in [-0.4, -0.2) is 38.7 Å². The van der Waals surface area contributed by atoms with Gasteiger partial charge in [0.1, 0.15) is 6.04 Å². The van der Waals surface area contributed by atoms with E-state index < -0.39 is 6.10 Å². The fourth-order valence-electron chi connectivity index (χ4n) is 3.67. The van der Waals surface area contributed by atoms with E-state index in [9.17, 15) is 9.90 Å². The van der Waals surface area contributed by atoms with Gasteiger partial charge in [-0.3, -0.25) is 4.79 Å². The fraction of sp³-hybridized carbons (Fsp3) is 0.588. The summed E-state index contributed by atoms with van der Waals surface area (Å²) in [4.78, 5) is 21.0. The lowest BCUT2D eigenvalue weighted by atomic mass is 9.90. The van der Waals surface area contributed by atoms with Gasteiger partial charge in [-0.15, -0.1) is 11.3 Å². The second kappa shape index (κ2) is 5.97. The first-order valence-corrected chi connectivity index (χ1v) is 9.23. The van der Waals surface area contributed by atoms with Gasteiger partial charge in [0.2, 0.25) is 5.89 Å². The van der Waals surface area contributed by atoms with Crippen molar-refractivity contribution in [1.29, 1.82) is 0 Å². The van der Waals surface area contributed by atoms with Crippen LogP contribution in [0.3, 0.4) is 0 Å². The molecule has 6 nitrogen and oxygen atoms in total. The molecule has 24 heavy (non-hydrogen) atoms. The van der Waals surface area contributed by atoms with Gasteiger partial charge in [0.15, 0.2) is 5.82 Å². The summed E-state index contributed by atoms with van der Waals surface area (Å²) in [6, 6.07) is 1.70. The first-order valence-electron chi connectivity index (χ1n) is 8.42. The van der Waals surface area contributed by atoms with E-state index in [0.29, 0.717) is 30.6 Å². The van der Waals surface area contributed by atoms with Crippen molar-refractivity contribution in [2.75, 3.05) is 6.54 Å². The number of nitrogens with zero attached hydrogens (tertiary/aromatic N) is 3. The second-order valence-corrected chi connectivity index (χ2v) is 8.09. The molecule has 2 aromatic heterocycles. The summed E-state index contributed by atoms with van der Waals surface area (Å²) in [6.07, 6.45) is 3.18. The Morgan fingerprint density at radius 2 is 2.33 bits per heavy atom. The number of carbonyl (C=O) groups excluding carboxylic acids is 1. The fourth-order valence-corrected chi connectivity index (χ4v) is 4.84. The van der Waals surface area contributed by atoms with Gasteiger partial charge in [0.05, 0.1) is 11.0 Å². The minimum atomic E-state index is -0.555. The van der Waals surface area contributed by atoms with Crippen LogP contribution in [0.4, 0.5) is 0 Å². The van der Waals surface area contributed by atoms with Gasteiger partial charge in [-0.1, -0.05) is 12.1 Å². The Labute approximate surface area is 144 Å². The van der Waals surface area contributed by atoms with E-state index in [1.165, 1.54) is 16.9 Å². The second-order valence-electron chi connectivity index (χ2n) is 6.95. The predicted octanol–water partition coefficient (Wildman–Crippen LogP) is 2.51. The lowest BCUT2D eigenvalue weighted by molar-refractivity contribution is 0.0698. The summed E-state index contributed by atoms with van der Waals surface area (Å²) in [7, 11) is 0. The van der Waals surface area contributed by atoms with Crippen LogP contribution in [0.15, 0.2) is 10.6 Å². The first kappa shape index (κ1) is 15.8. The molecule has 0 aromatic carbocycles. The van der Waals surface area contributed by atoms with E-state index in [0.717, 1.165) is 17.7 Å². The standard InChI is InChI=1S/C17H21N3O3S/c1-9-3-4-14-11(5-9)6-15(24-14)17(22)20-8-12(21)7-13(20)16-18-10(2)19-23-16/h6,9,12-13,21H,3-5,7-8H2,1-2H3/t9-,12-,13-/m1/s1. The third-order valence-corrected chi connectivity index (χ3v) is 6.13. The molecule has 1 N–H and O–H groups in total. The predicted molar refractivity (Wildman–Crippen MR) is 88.9 cm³/mol. The molecule has 0 unspecified atom stereocenters. The molecule has 1 aliphatic carbocycles. The van der Waals surface area contributed by atoms with Crippen LogP contribution in [0.5, 0.6) is 0 Å². The molecule has 0 bridgehead atoms. The lowest BCUT2D eigenvalue weighted by Gasteiger charge is -2.20. The van der Waals surface area contributed by atoms with Gasteiger partial charge in [0, 0.05) is 17.8 Å². The molecular formula is C17H21N3O3S. The Morgan fingerprint density at radius 1 is 1.50 bits per heavy atom. The average Bonchev–Trinajstić information content (AvgIpc) is 3.23. The molecule has 128 valence electrons. The van der Waals surface area contributed by atoms with Crippen LogP contribution >= 0.6 is 11.3 Å². The Balaban J connectivity index is 1.61. The molecule has 3 atom stereocenters. The number of amides is 1. The third-order valence-electron chi connectivity index (χ3n) is 4.91. The smallest absolute Gasteiger partial charge is 0.264 e. The van der Waals surface area contributed by atoms with E-state index in [-0.39, 0.29) is 11.9 Å². The molecule has 0 radical (unpaired) electrons. The van der Waals surface area contributed by atoms with E-state index >= 15 is 0 Å². The number of aliphatic hydroxyl groups excluding tert-OH is 1. The number of rotatable bonds is 2. The van der Waals surface area contributed by atoms with Crippen LogP contribution < -0.4 is 0 Å². The van der Waals surface area contributed by atoms with E-state index in [1.54, 1.807) is 23.2 Å². The number of aliphatic hydroxyl groups is 1. The van der Waals surface area contributed by atoms with Gasteiger partial charge in [-0.2, -0.15) is 4.98 Å². The number of aryl methyl sites for hydroxylation is 2. The zero-order chi connectivity index (χ0) is 16.8. The number of fused-ring (bicyclic) bond motifs is 1. The van der Waals surface area contributed by atoms with Crippen LogP contribution in [0.25, 0.3) is 0 Å². The third kappa shape index (κ3) is 2.75. The van der Waals surface area contributed by atoms with Crippen molar-refractivity contribution in [2.24, 2.45) is 5.92 Å². The topological polar surface area (TPSA) is 79.5 Å². The highest BCUT2D eigenvalue weighted by molar-refractivity contribution is 7.14. The molecule has 0 saturated carbocycles. The van der Waals surface area contributed by atoms with Crippen LogP contribution in [0, 0.1) is 12.8 Å². The van der Waals surface area contributed by atoms with Crippen LogP contribution in [-0.2, 0) is 12.8 Å². The zero-order valence-corrected chi connectivity index (χ0v) is 14.7. The Morgan fingerprint density at radius 3 is 3.08 bits per heavy atom. The molecule has 4 rings (SSSR count). The van der Waals surface area contributed by atoms with Gasteiger partial charge < -0.3 is 14.5 Å². The molecule has 1 aliphatic heterocycles. The molecular weight excluding hydrogens is 326 g/mol. The van der Waals surface area contributed by atoms with Crippen molar-refractivity contribution < 1.29 is 14.4 Å².